The first-order chi connectivity index (χ1) is 7.15. The lowest BCUT2D eigenvalue weighted by Gasteiger charge is -2.26. The minimum Gasteiger partial charge on any atom is -0.396 e. The molecule has 0 aromatic rings. The summed E-state index contributed by atoms with van der Waals surface area (Å²) in [5.41, 5.74) is 0. The molecule has 1 aliphatic rings. The van der Waals surface area contributed by atoms with Crippen LogP contribution in [0.25, 0.3) is 0 Å². The Kier molecular flexibility index (Phi) is 5.01. The van der Waals surface area contributed by atoms with Gasteiger partial charge in [0.1, 0.15) is 6.04 Å². The van der Waals surface area contributed by atoms with Crippen LogP contribution in [0.5, 0.6) is 0 Å². The van der Waals surface area contributed by atoms with Crippen molar-refractivity contribution in [3.05, 3.63) is 0 Å². The maximum atomic E-state index is 11.7. The maximum absolute atomic E-state index is 11.7. The van der Waals surface area contributed by atoms with E-state index in [0.717, 1.165) is 0 Å². The highest BCUT2D eigenvalue weighted by atomic mass is 16.5. The molecule has 0 radical (unpaired) electrons. The monoisotopic (exact) mass is 216 g/mol. The van der Waals surface area contributed by atoms with E-state index in [0.29, 0.717) is 19.8 Å². The minimum atomic E-state index is -0.257. The van der Waals surface area contributed by atoms with Gasteiger partial charge in [-0.15, -0.1) is 0 Å². The smallest absolute Gasteiger partial charge is 0.239 e. The molecule has 1 aliphatic heterocycles. The SMILES string of the molecule is CC(CO)C(C)NC(=O)C1COCCN1. The topological polar surface area (TPSA) is 70.6 Å². The number of rotatable bonds is 4. The summed E-state index contributed by atoms with van der Waals surface area (Å²) in [5, 5.41) is 14.9. The Bertz CT molecular complexity index is 205. The van der Waals surface area contributed by atoms with Gasteiger partial charge in [0, 0.05) is 19.2 Å². The normalized spacial score (nSPS) is 25.7. The molecule has 1 fully saturated rings. The Morgan fingerprint density at radius 1 is 1.67 bits per heavy atom. The number of carbonyl (C=O) groups is 1. The molecule has 15 heavy (non-hydrogen) atoms. The number of carbonyl (C=O) groups excluding carboxylic acids is 1. The number of nitrogens with one attached hydrogen (secondary N) is 2. The summed E-state index contributed by atoms with van der Waals surface area (Å²) >= 11 is 0. The van der Waals surface area contributed by atoms with Crippen LogP contribution in [0.1, 0.15) is 13.8 Å². The lowest BCUT2D eigenvalue weighted by atomic mass is 10.0. The van der Waals surface area contributed by atoms with Crippen LogP contribution in [0.2, 0.25) is 0 Å². The van der Waals surface area contributed by atoms with Gasteiger partial charge in [0.05, 0.1) is 13.2 Å². The second kappa shape index (κ2) is 6.05. The van der Waals surface area contributed by atoms with Crippen LogP contribution in [0.15, 0.2) is 0 Å². The first-order valence-corrected chi connectivity index (χ1v) is 5.37. The summed E-state index contributed by atoms with van der Waals surface area (Å²) in [6.45, 7) is 5.66. The fourth-order valence-corrected chi connectivity index (χ4v) is 1.36. The van der Waals surface area contributed by atoms with Crippen molar-refractivity contribution in [3.8, 4) is 0 Å². The third-order valence-corrected chi connectivity index (χ3v) is 2.75. The van der Waals surface area contributed by atoms with E-state index >= 15 is 0 Å². The fourth-order valence-electron chi connectivity index (χ4n) is 1.36. The zero-order valence-corrected chi connectivity index (χ0v) is 9.32. The molecule has 0 spiro atoms. The van der Waals surface area contributed by atoms with Gasteiger partial charge in [-0.3, -0.25) is 4.79 Å². The maximum Gasteiger partial charge on any atom is 0.239 e. The van der Waals surface area contributed by atoms with Gasteiger partial charge in [-0.25, -0.2) is 0 Å². The van der Waals surface area contributed by atoms with Gasteiger partial charge in [0.15, 0.2) is 0 Å². The van der Waals surface area contributed by atoms with Crippen molar-refractivity contribution in [1.29, 1.82) is 0 Å². The summed E-state index contributed by atoms with van der Waals surface area (Å²) in [7, 11) is 0. The zero-order chi connectivity index (χ0) is 11.3. The minimum absolute atomic E-state index is 0.0220. The third-order valence-electron chi connectivity index (χ3n) is 2.75. The predicted molar refractivity (Wildman–Crippen MR) is 56.5 cm³/mol. The van der Waals surface area contributed by atoms with Crippen molar-refractivity contribution in [2.24, 2.45) is 5.92 Å². The molecule has 5 nitrogen and oxygen atoms in total. The molecule has 1 amide bonds. The summed E-state index contributed by atoms with van der Waals surface area (Å²) < 4.78 is 5.20. The van der Waals surface area contributed by atoms with Gasteiger partial charge in [-0.1, -0.05) is 6.92 Å². The standard InChI is InChI=1S/C10H20N2O3/c1-7(5-13)8(2)12-10(14)9-6-15-4-3-11-9/h7-9,11,13H,3-6H2,1-2H3,(H,12,14). The van der Waals surface area contributed by atoms with Gasteiger partial charge in [0.25, 0.3) is 0 Å². The highest BCUT2D eigenvalue weighted by Crippen LogP contribution is 2.02. The van der Waals surface area contributed by atoms with Gasteiger partial charge in [-0.05, 0) is 12.8 Å². The van der Waals surface area contributed by atoms with E-state index < -0.39 is 0 Å². The average Bonchev–Trinajstić information content (AvgIpc) is 2.29. The van der Waals surface area contributed by atoms with E-state index in [1.165, 1.54) is 0 Å². The Hall–Kier alpha value is -0.650. The van der Waals surface area contributed by atoms with Gasteiger partial charge < -0.3 is 20.5 Å². The second-order valence-electron chi connectivity index (χ2n) is 4.04. The van der Waals surface area contributed by atoms with Crippen LogP contribution < -0.4 is 10.6 Å². The number of hydrogen-bond acceptors (Lipinski definition) is 4. The van der Waals surface area contributed by atoms with E-state index in [-0.39, 0.29) is 30.5 Å². The average molecular weight is 216 g/mol. The van der Waals surface area contributed by atoms with E-state index in [9.17, 15) is 4.79 Å². The molecule has 1 heterocycles. The molecule has 0 saturated carbocycles. The van der Waals surface area contributed by atoms with Crippen LogP contribution >= 0.6 is 0 Å². The highest BCUT2D eigenvalue weighted by Gasteiger charge is 2.23. The van der Waals surface area contributed by atoms with Crippen molar-refractivity contribution in [2.75, 3.05) is 26.4 Å². The molecule has 0 bridgehead atoms. The van der Waals surface area contributed by atoms with Gasteiger partial charge in [-0.2, -0.15) is 0 Å². The van der Waals surface area contributed by atoms with Crippen LogP contribution in [0, 0.1) is 5.92 Å². The summed E-state index contributed by atoms with van der Waals surface area (Å²) in [5.74, 6) is 0.0148. The molecular formula is C10H20N2O3. The Labute approximate surface area is 90.2 Å². The molecule has 3 unspecified atom stereocenters. The molecule has 3 atom stereocenters. The quantitative estimate of drug-likeness (QED) is 0.570. The summed E-state index contributed by atoms with van der Waals surface area (Å²) in [6, 6.07) is -0.279. The van der Waals surface area contributed by atoms with Crippen LogP contribution in [0.4, 0.5) is 0 Å². The molecule has 1 saturated heterocycles. The second-order valence-corrected chi connectivity index (χ2v) is 4.04. The largest absolute Gasteiger partial charge is 0.396 e. The van der Waals surface area contributed by atoms with Crippen molar-refractivity contribution in [2.45, 2.75) is 25.9 Å². The van der Waals surface area contributed by atoms with Crippen LogP contribution in [-0.4, -0.2) is 49.5 Å². The highest BCUT2D eigenvalue weighted by molar-refractivity contribution is 5.82. The molecular weight excluding hydrogens is 196 g/mol. The summed E-state index contributed by atoms with van der Waals surface area (Å²) in [6.07, 6.45) is 0. The first kappa shape index (κ1) is 12.4. The number of aliphatic hydroxyl groups is 1. The van der Waals surface area contributed by atoms with Crippen molar-refractivity contribution in [3.63, 3.8) is 0 Å². The fraction of sp³-hybridized carbons (Fsp3) is 0.900. The molecule has 5 heteroatoms. The predicted octanol–water partition coefficient (Wildman–Crippen LogP) is -0.892. The van der Waals surface area contributed by atoms with Crippen LogP contribution in [-0.2, 0) is 9.53 Å². The zero-order valence-electron chi connectivity index (χ0n) is 9.32. The molecule has 0 aliphatic carbocycles. The molecule has 0 aromatic carbocycles. The Morgan fingerprint density at radius 2 is 2.40 bits per heavy atom. The number of ether oxygens (including phenoxy) is 1. The molecule has 1 rings (SSSR count). The first-order valence-electron chi connectivity index (χ1n) is 5.37. The lowest BCUT2D eigenvalue weighted by molar-refractivity contribution is -0.126. The van der Waals surface area contributed by atoms with E-state index in [2.05, 4.69) is 10.6 Å². The summed E-state index contributed by atoms with van der Waals surface area (Å²) in [4.78, 5) is 11.7. The molecule has 88 valence electrons. The Morgan fingerprint density at radius 3 is 2.93 bits per heavy atom. The van der Waals surface area contributed by atoms with Crippen LogP contribution in [0.3, 0.4) is 0 Å². The van der Waals surface area contributed by atoms with Crippen molar-refractivity contribution >= 4 is 5.91 Å². The van der Waals surface area contributed by atoms with Gasteiger partial charge >= 0.3 is 0 Å². The number of hydrogen-bond donors (Lipinski definition) is 3. The van der Waals surface area contributed by atoms with Crippen molar-refractivity contribution < 1.29 is 14.6 Å². The van der Waals surface area contributed by atoms with E-state index in [1.54, 1.807) is 0 Å². The third kappa shape index (κ3) is 3.77. The number of amides is 1. The molecule has 3 N–H and O–H groups in total. The van der Waals surface area contributed by atoms with E-state index in [4.69, 9.17) is 9.84 Å². The van der Waals surface area contributed by atoms with Crippen molar-refractivity contribution in [1.82, 2.24) is 10.6 Å². The lowest BCUT2D eigenvalue weighted by Crippen LogP contribution is -2.54. The number of morpholine rings is 1. The number of aliphatic hydroxyl groups excluding tert-OH is 1. The van der Waals surface area contributed by atoms with E-state index in [1.807, 2.05) is 13.8 Å². The van der Waals surface area contributed by atoms with Gasteiger partial charge in [0.2, 0.25) is 5.91 Å². The Balaban J connectivity index is 2.33. The molecule has 0 aromatic heterocycles.